The number of sulfone groups is 1. The highest BCUT2D eigenvalue weighted by Gasteiger charge is 2.31. The summed E-state index contributed by atoms with van der Waals surface area (Å²) in [5, 5.41) is 0. The normalized spacial score (nSPS) is 16.3. The highest BCUT2D eigenvalue weighted by molar-refractivity contribution is 7.90. The summed E-state index contributed by atoms with van der Waals surface area (Å²) in [6, 6.07) is 1.75. The molecule has 2 aromatic rings. The van der Waals surface area contributed by atoms with Gasteiger partial charge in [-0.15, -0.1) is 0 Å². The average molecular weight is 514 g/mol. The molecule has 35 heavy (non-hydrogen) atoms. The zero-order valence-electron chi connectivity index (χ0n) is 20.1. The Hall–Kier alpha value is -3.02. The Morgan fingerprint density at radius 1 is 1.17 bits per heavy atom. The third-order valence-electron chi connectivity index (χ3n) is 5.31. The molecular weight excluding hydrogens is 484 g/mol. The molecule has 1 aliphatic rings. The van der Waals surface area contributed by atoms with Gasteiger partial charge < -0.3 is 14.2 Å². The lowest BCUT2D eigenvalue weighted by Gasteiger charge is -2.35. The van der Waals surface area contributed by atoms with Gasteiger partial charge in [0.05, 0.1) is 17.4 Å². The summed E-state index contributed by atoms with van der Waals surface area (Å²) in [4.78, 5) is 22.1. The Bertz CT molecular complexity index is 1180. The number of benzene rings is 1. The van der Waals surface area contributed by atoms with Crippen molar-refractivity contribution in [2.75, 3.05) is 18.6 Å². The maximum Gasteiger partial charge on any atom is 0.412 e. The van der Waals surface area contributed by atoms with E-state index >= 15 is 0 Å². The van der Waals surface area contributed by atoms with Gasteiger partial charge in [0.15, 0.2) is 17.8 Å². The van der Waals surface area contributed by atoms with Gasteiger partial charge in [-0.3, -0.25) is 4.90 Å². The third-order valence-corrected chi connectivity index (χ3v) is 6.25. The fraction of sp³-hybridized carbons (Fsp3) is 0.522. The number of halogens is 2. The van der Waals surface area contributed by atoms with Crippen LogP contribution in [0.5, 0.6) is 17.5 Å². The fourth-order valence-electron chi connectivity index (χ4n) is 3.51. The van der Waals surface area contributed by atoms with E-state index in [0.29, 0.717) is 18.5 Å². The fourth-order valence-corrected chi connectivity index (χ4v) is 4.10. The van der Waals surface area contributed by atoms with E-state index in [-0.39, 0.29) is 35.6 Å². The van der Waals surface area contributed by atoms with Crippen LogP contribution in [0.15, 0.2) is 18.5 Å². The van der Waals surface area contributed by atoms with E-state index in [0.717, 1.165) is 37.6 Å². The molecule has 0 radical (unpaired) electrons. The maximum atomic E-state index is 14.6. The molecule has 1 saturated heterocycles. The van der Waals surface area contributed by atoms with Gasteiger partial charge in [-0.05, 0) is 51.7 Å². The van der Waals surface area contributed by atoms with Gasteiger partial charge in [-0.25, -0.2) is 32.0 Å². The van der Waals surface area contributed by atoms with E-state index in [1.54, 1.807) is 20.8 Å². The molecule has 1 atom stereocenters. The zero-order chi connectivity index (χ0) is 25.8. The van der Waals surface area contributed by atoms with Gasteiger partial charge in [0, 0.05) is 25.3 Å². The van der Waals surface area contributed by atoms with Crippen LogP contribution >= 0.6 is 0 Å². The molecule has 192 valence electrons. The van der Waals surface area contributed by atoms with Crippen LogP contribution < -0.4 is 9.47 Å². The number of hydrogen-bond donors (Lipinski definition) is 0. The molecule has 1 aromatic carbocycles. The number of nitrogens with zero attached hydrogens (tertiary/aromatic N) is 3. The first-order valence-electron chi connectivity index (χ1n) is 11.2. The summed E-state index contributed by atoms with van der Waals surface area (Å²) in [6.45, 7) is 5.59. The van der Waals surface area contributed by atoms with E-state index in [4.69, 9.17) is 14.2 Å². The predicted octanol–water partition coefficient (Wildman–Crippen LogP) is 4.18. The van der Waals surface area contributed by atoms with Crippen molar-refractivity contribution in [2.24, 2.45) is 0 Å². The molecule has 0 N–H and O–H groups in total. The van der Waals surface area contributed by atoms with Crippen molar-refractivity contribution in [1.29, 1.82) is 0 Å². The van der Waals surface area contributed by atoms with Crippen molar-refractivity contribution < 1.29 is 36.2 Å². The first kappa shape index (κ1) is 26.6. The number of ether oxygens (including phenoxy) is 3. The molecule has 2 heterocycles. The second-order valence-corrected chi connectivity index (χ2v) is 10.9. The topological polar surface area (TPSA) is 108 Å². The van der Waals surface area contributed by atoms with E-state index < -0.39 is 39.5 Å². The number of amides is 1. The predicted molar refractivity (Wildman–Crippen MR) is 123 cm³/mol. The van der Waals surface area contributed by atoms with E-state index in [1.807, 2.05) is 0 Å². The number of carbonyl (C=O) groups is 1. The summed E-state index contributed by atoms with van der Waals surface area (Å²) in [7, 11) is -3.33. The standard InChI is InChI=1S/C23H29F2N3O6S/c1-14(2)32-23(29)28-9-6-5-7-20(28)34-22-15(3)21(26-13-27-22)33-19-12-17(24)16(11-18(19)25)8-10-35(4,30)31/h11-14,20H,5-10H2,1-4H3. The number of hydrogen-bond acceptors (Lipinski definition) is 8. The Kier molecular flexibility index (Phi) is 8.47. The monoisotopic (exact) mass is 513 g/mol. The zero-order valence-corrected chi connectivity index (χ0v) is 20.9. The van der Waals surface area contributed by atoms with Crippen LogP contribution in [-0.2, 0) is 21.0 Å². The number of likely N-dealkylation sites (tertiary alicyclic amines) is 1. The van der Waals surface area contributed by atoms with Crippen LogP contribution in [0.2, 0.25) is 0 Å². The van der Waals surface area contributed by atoms with Crippen molar-refractivity contribution in [3.8, 4) is 17.5 Å². The quantitative estimate of drug-likeness (QED) is 0.517. The summed E-state index contributed by atoms with van der Waals surface area (Å²) < 4.78 is 68.5. The smallest absolute Gasteiger partial charge is 0.412 e. The lowest BCUT2D eigenvalue weighted by Crippen LogP contribution is -2.47. The minimum Gasteiger partial charge on any atom is -0.453 e. The Morgan fingerprint density at radius 3 is 2.57 bits per heavy atom. The molecule has 1 aliphatic heterocycles. The summed E-state index contributed by atoms with van der Waals surface area (Å²) in [5.74, 6) is -2.31. The van der Waals surface area contributed by atoms with Crippen molar-refractivity contribution in [2.45, 2.75) is 58.8 Å². The van der Waals surface area contributed by atoms with Crippen molar-refractivity contribution >= 4 is 15.9 Å². The molecule has 0 aliphatic carbocycles. The number of aryl methyl sites for hydroxylation is 1. The molecule has 3 rings (SSSR count). The van der Waals surface area contributed by atoms with Crippen LogP contribution in [0.25, 0.3) is 0 Å². The number of carbonyl (C=O) groups excluding carboxylic acids is 1. The first-order valence-corrected chi connectivity index (χ1v) is 13.3. The van der Waals surface area contributed by atoms with E-state index in [2.05, 4.69) is 9.97 Å². The maximum absolute atomic E-state index is 14.6. The van der Waals surface area contributed by atoms with Gasteiger partial charge in [-0.2, -0.15) is 0 Å². The Labute approximate surface area is 203 Å². The summed E-state index contributed by atoms with van der Waals surface area (Å²) >= 11 is 0. The lowest BCUT2D eigenvalue weighted by molar-refractivity contribution is -0.0167. The third kappa shape index (κ3) is 7.23. The number of rotatable bonds is 8. The van der Waals surface area contributed by atoms with Gasteiger partial charge in [0.25, 0.3) is 0 Å². The van der Waals surface area contributed by atoms with Crippen LogP contribution in [0.3, 0.4) is 0 Å². The number of piperidine rings is 1. The van der Waals surface area contributed by atoms with Crippen molar-refractivity contribution in [3.63, 3.8) is 0 Å². The molecule has 0 bridgehead atoms. The largest absolute Gasteiger partial charge is 0.453 e. The average Bonchev–Trinajstić information content (AvgIpc) is 2.77. The molecule has 0 spiro atoms. The highest BCUT2D eigenvalue weighted by atomic mass is 32.2. The van der Waals surface area contributed by atoms with Gasteiger partial charge in [0.1, 0.15) is 22.0 Å². The minimum absolute atomic E-state index is 0.0516. The Balaban J connectivity index is 1.78. The van der Waals surface area contributed by atoms with E-state index in [1.165, 1.54) is 4.90 Å². The SMILES string of the molecule is Cc1c(Oc2cc(F)c(CCS(C)(=O)=O)cc2F)ncnc1OC1CCCCN1C(=O)OC(C)C. The van der Waals surface area contributed by atoms with Gasteiger partial charge >= 0.3 is 6.09 Å². The summed E-state index contributed by atoms with van der Waals surface area (Å²) in [6.07, 6.45) is 2.88. The Morgan fingerprint density at radius 2 is 1.89 bits per heavy atom. The van der Waals surface area contributed by atoms with Gasteiger partial charge in [0.2, 0.25) is 11.8 Å². The first-order chi connectivity index (χ1) is 16.4. The molecule has 1 fully saturated rings. The van der Waals surface area contributed by atoms with Crippen molar-refractivity contribution in [3.05, 3.63) is 41.2 Å². The van der Waals surface area contributed by atoms with Gasteiger partial charge in [-0.1, -0.05) is 0 Å². The molecule has 1 amide bonds. The number of aromatic nitrogens is 2. The second kappa shape index (κ2) is 11.1. The van der Waals surface area contributed by atoms with Crippen LogP contribution in [0, 0.1) is 18.6 Å². The summed E-state index contributed by atoms with van der Waals surface area (Å²) in [5.41, 5.74) is 0.255. The lowest BCUT2D eigenvalue weighted by atomic mass is 10.1. The minimum atomic E-state index is -3.33. The molecule has 1 unspecified atom stereocenters. The highest BCUT2D eigenvalue weighted by Crippen LogP contribution is 2.32. The molecular formula is C23H29F2N3O6S. The second-order valence-electron chi connectivity index (χ2n) is 8.66. The molecule has 9 nitrogen and oxygen atoms in total. The molecule has 1 aromatic heterocycles. The van der Waals surface area contributed by atoms with Crippen LogP contribution in [0.1, 0.15) is 44.2 Å². The van der Waals surface area contributed by atoms with Crippen molar-refractivity contribution in [1.82, 2.24) is 14.9 Å². The van der Waals surface area contributed by atoms with Crippen LogP contribution in [-0.4, -0.2) is 60.3 Å². The van der Waals surface area contributed by atoms with E-state index in [9.17, 15) is 22.0 Å². The van der Waals surface area contributed by atoms with Crippen LogP contribution in [0.4, 0.5) is 13.6 Å². The molecule has 12 heteroatoms. The molecule has 0 saturated carbocycles.